The topological polar surface area (TPSA) is 23.1 Å². The average Bonchev–Trinajstić information content (AvgIpc) is 0.722. The third-order valence-electron chi connectivity index (χ3n) is 0. The van der Waals surface area contributed by atoms with Gasteiger partial charge in [0, 0.05) is 0 Å². The van der Waals surface area contributed by atoms with Crippen LogP contribution in [-0.4, -0.2) is 22.5 Å². The molecule has 32 valence electrons. The predicted molar refractivity (Wildman–Crippen MR) is 28.5 cm³/mol. The molecule has 0 aliphatic carbocycles. The van der Waals surface area contributed by atoms with Crippen molar-refractivity contribution in [2.75, 3.05) is 6.26 Å². The Balaban J connectivity index is 4.06. The van der Waals surface area contributed by atoms with E-state index in [4.69, 9.17) is 0 Å². The molecule has 0 saturated heterocycles. The van der Waals surface area contributed by atoms with Gasteiger partial charge in [-0.05, 0) is 6.26 Å². The van der Waals surface area contributed by atoms with Gasteiger partial charge in [-0.2, -0.15) is 0 Å². The van der Waals surface area contributed by atoms with E-state index < -0.39 is 9.49 Å². The molecular weight excluding hydrogens is 84.1 g/mol. The molecule has 0 fully saturated rings. The number of hydrogen-bond donors (Lipinski definition) is 0. The molecule has 0 N–H and O–H groups in total. The van der Waals surface area contributed by atoms with E-state index in [2.05, 4.69) is 11.7 Å². The summed E-state index contributed by atoms with van der Waals surface area (Å²) in [6, 6.07) is 0. The largest absolute Gasteiger partial charge is 0.807 e. The maximum atomic E-state index is 9.97. The number of hydrogen-bond acceptors (Lipinski definition) is 1. The maximum absolute atomic E-state index is 9.97. The van der Waals surface area contributed by atoms with Crippen LogP contribution in [0.5, 0.6) is 0 Å². The standard InChI is InChI=1S/C3H7OS/c1-5(2,3)4/h1-2H2,3H3/q-1. The van der Waals surface area contributed by atoms with Gasteiger partial charge in [0.1, 0.15) is 0 Å². The van der Waals surface area contributed by atoms with Gasteiger partial charge in [0.05, 0.1) is 0 Å². The molecular formula is C3H7OS-. The van der Waals surface area contributed by atoms with Crippen LogP contribution < -0.4 is 0 Å². The molecule has 0 heterocycles. The van der Waals surface area contributed by atoms with Crippen LogP contribution in [-0.2, 0) is 0 Å². The van der Waals surface area contributed by atoms with Crippen molar-refractivity contribution in [2.45, 2.75) is 0 Å². The van der Waals surface area contributed by atoms with Crippen molar-refractivity contribution >= 4 is 21.2 Å². The van der Waals surface area contributed by atoms with Crippen molar-refractivity contribution in [3.63, 3.8) is 0 Å². The molecule has 0 aliphatic rings. The second-order valence-corrected chi connectivity index (χ2v) is 3.55. The van der Waals surface area contributed by atoms with Gasteiger partial charge in [-0.25, -0.2) is 0 Å². The summed E-state index contributed by atoms with van der Waals surface area (Å²) >= 11 is 0. The van der Waals surface area contributed by atoms with Crippen LogP contribution in [0.1, 0.15) is 0 Å². The minimum absolute atomic E-state index is 1.49. The number of rotatable bonds is 0. The van der Waals surface area contributed by atoms with Crippen molar-refractivity contribution in [1.29, 1.82) is 0 Å². The van der Waals surface area contributed by atoms with Crippen molar-refractivity contribution in [3.05, 3.63) is 0 Å². The molecule has 0 aromatic rings. The Hall–Kier alpha value is 0.0500. The lowest BCUT2D eigenvalue weighted by Gasteiger charge is -2.08. The van der Waals surface area contributed by atoms with Gasteiger partial charge in [-0.15, -0.1) is 0 Å². The Bertz CT molecular complexity index is 90.1. The molecule has 0 aliphatic heterocycles. The average molecular weight is 91.2 g/mol. The zero-order chi connectivity index (χ0) is 4.50. The van der Waals surface area contributed by atoms with Crippen LogP contribution in [0.2, 0.25) is 0 Å². The fourth-order valence-corrected chi connectivity index (χ4v) is 0. The highest BCUT2D eigenvalue weighted by atomic mass is 32.2. The van der Waals surface area contributed by atoms with Gasteiger partial charge in [0.15, 0.2) is 0 Å². The highest BCUT2D eigenvalue weighted by Crippen LogP contribution is 1.98. The molecule has 0 atom stereocenters. The van der Waals surface area contributed by atoms with Crippen molar-refractivity contribution in [1.82, 2.24) is 0 Å². The van der Waals surface area contributed by atoms with Crippen molar-refractivity contribution < 1.29 is 4.55 Å². The molecule has 2 heteroatoms. The highest BCUT2D eigenvalue weighted by molar-refractivity contribution is 8.22. The Morgan fingerprint density at radius 3 is 1.60 bits per heavy atom. The smallest absolute Gasteiger partial charge is 0.0413 e. The zero-order valence-electron chi connectivity index (χ0n) is 3.23. The van der Waals surface area contributed by atoms with Gasteiger partial charge < -0.3 is 4.55 Å². The molecule has 0 saturated carbocycles. The SMILES string of the molecule is C=S(=C)(C)[O-]. The first-order chi connectivity index (χ1) is 2.00. The summed E-state index contributed by atoms with van der Waals surface area (Å²) in [6.07, 6.45) is 1.49. The summed E-state index contributed by atoms with van der Waals surface area (Å²) in [5, 5.41) is 0. The molecule has 0 spiro atoms. The third kappa shape index (κ3) is 6810. The quantitative estimate of drug-likeness (QED) is 0.396. The van der Waals surface area contributed by atoms with Crippen LogP contribution in [0.15, 0.2) is 0 Å². The van der Waals surface area contributed by atoms with Crippen molar-refractivity contribution in [3.8, 4) is 0 Å². The van der Waals surface area contributed by atoms with Crippen LogP contribution in [0.3, 0.4) is 0 Å². The lowest BCUT2D eigenvalue weighted by atomic mass is 11.9. The summed E-state index contributed by atoms with van der Waals surface area (Å²) in [5.41, 5.74) is 0. The normalized spacial score (nSPS) is 11.6. The minimum Gasteiger partial charge on any atom is -0.807 e. The second kappa shape index (κ2) is 1.03. The molecule has 0 bridgehead atoms. The van der Waals surface area contributed by atoms with Gasteiger partial charge >= 0.3 is 0 Å². The van der Waals surface area contributed by atoms with Crippen molar-refractivity contribution in [2.24, 2.45) is 0 Å². The van der Waals surface area contributed by atoms with E-state index in [0.29, 0.717) is 0 Å². The van der Waals surface area contributed by atoms with E-state index in [-0.39, 0.29) is 0 Å². The van der Waals surface area contributed by atoms with E-state index in [0.717, 1.165) is 0 Å². The Morgan fingerprint density at radius 2 is 1.60 bits per heavy atom. The van der Waals surface area contributed by atoms with E-state index in [1.807, 2.05) is 0 Å². The van der Waals surface area contributed by atoms with Crippen LogP contribution in [0.4, 0.5) is 0 Å². The molecule has 0 amide bonds. The summed E-state index contributed by atoms with van der Waals surface area (Å²) in [4.78, 5) is 0. The Kier molecular flexibility index (Phi) is 1.04. The zero-order valence-corrected chi connectivity index (χ0v) is 4.05. The summed E-state index contributed by atoms with van der Waals surface area (Å²) < 4.78 is 9.97. The molecule has 5 heavy (non-hydrogen) atoms. The Labute approximate surface area is 32.9 Å². The van der Waals surface area contributed by atoms with Crippen LogP contribution in [0, 0.1) is 0 Å². The first-order valence-corrected chi connectivity index (χ1v) is 3.46. The second-order valence-electron chi connectivity index (χ2n) is 1.18. The van der Waals surface area contributed by atoms with Gasteiger partial charge in [0.2, 0.25) is 0 Å². The van der Waals surface area contributed by atoms with Crippen LogP contribution in [0.25, 0.3) is 0 Å². The fraction of sp³-hybridized carbons (Fsp3) is 0.333. The maximum Gasteiger partial charge on any atom is -0.0413 e. The lowest BCUT2D eigenvalue weighted by molar-refractivity contribution is 0.618. The molecule has 0 unspecified atom stereocenters. The molecule has 1 nitrogen and oxygen atoms in total. The van der Waals surface area contributed by atoms with E-state index in [1.54, 1.807) is 0 Å². The highest BCUT2D eigenvalue weighted by Gasteiger charge is 1.46. The minimum atomic E-state index is -1.92. The van der Waals surface area contributed by atoms with Gasteiger partial charge in [-0.1, -0.05) is 11.7 Å². The lowest BCUT2D eigenvalue weighted by Crippen LogP contribution is -1.60. The van der Waals surface area contributed by atoms with Gasteiger partial charge in [-0.3, -0.25) is 9.49 Å². The first-order valence-electron chi connectivity index (χ1n) is 1.15. The summed E-state index contributed by atoms with van der Waals surface area (Å²) in [6.45, 7) is 0. The monoisotopic (exact) mass is 91.0 g/mol. The van der Waals surface area contributed by atoms with Crippen LogP contribution >= 0.6 is 9.49 Å². The third-order valence-corrected chi connectivity index (χ3v) is 0. The fourth-order valence-electron chi connectivity index (χ4n) is 0. The molecule has 0 aromatic carbocycles. The van der Waals surface area contributed by atoms with E-state index in [1.165, 1.54) is 6.26 Å². The molecule has 0 radical (unpaired) electrons. The summed E-state index contributed by atoms with van der Waals surface area (Å²) in [5.74, 6) is 6.38. The summed E-state index contributed by atoms with van der Waals surface area (Å²) in [7, 11) is -1.92. The predicted octanol–water partition coefficient (Wildman–Crippen LogP) is 0.415. The van der Waals surface area contributed by atoms with Gasteiger partial charge in [0.25, 0.3) is 0 Å². The van der Waals surface area contributed by atoms with E-state index >= 15 is 0 Å². The van der Waals surface area contributed by atoms with E-state index in [9.17, 15) is 4.55 Å². The Morgan fingerprint density at radius 1 is 1.60 bits per heavy atom. The molecule has 0 rings (SSSR count). The first kappa shape index (κ1) is 5.05. The molecule has 0 aromatic heterocycles.